The summed E-state index contributed by atoms with van der Waals surface area (Å²) in [7, 11) is 0. The SMILES string of the molecule is N#Cc1c(SC/C(=N/N)NN)[nH]c(=O)c(C(=O)O)c1-c1cccc(-c2ccccc2)c1. The van der Waals surface area contributed by atoms with Gasteiger partial charge in [-0.2, -0.15) is 10.4 Å². The average Bonchev–Trinajstić information content (AvgIpc) is 2.79. The molecule has 1 heterocycles. The quantitative estimate of drug-likeness (QED) is 0.129. The highest BCUT2D eigenvalue weighted by atomic mass is 32.2. The molecule has 31 heavy (non-hydrogen) atoms. The number of amidine groups is 1. The molecule has 3 rings (SSSR count). The zero-order valence-corrected chi connectivity index (χ0v) is 16.9. The first-order valence-electron chi connectivity index (χ1n) is 8.95. The van der Waals surface area contributed by atoms with E-state index in [0.717, 1.165) is 22.9 Å². The maximum atomic E-state index is 12.6. The number of carboxylic acid groups (broad SMARTS) is 1. The van der Waals surface area contributed by atoms with Gasteiger partial charge in [0.05, 0.1) is 16.3 Å². The Bertz CT molecular complexity index is 1250. The normalized spacial score (nSPS) is 11.0. The fourth-order valence-electron chi connectivity index (χ4n) is 3.03. The smallest absolute Gasteiger partial charge is 0.342 e. The number of aromatic nitrogens is 1. The van der Waals surface area contributed by atoms with Crippen LogP contribution in [0.15, 0.2) is 69.5 Å². The highest BCUT2D eigenvalue weighted by Gasteiger charge is 2.24. The van der Waals surface area contributed by atoms with Crippen molar-refractivity contribution in [3.63, 3.8) is 0 Å². The van der Waals surface area contributed by atoms with Crippen molar-refractivity contribution in [3.05, 3.63) is 76.1 Å². The van der Waals surface area contributed by atoms with Crippen LogP contribution in [0.4, 0.5) is 0 Å². The molecule has 0 aliphatic carbocycles. The van der Waals surface area contributed by atoms with Gasteiger partial charge in [-0.05, 0) is 22.8 Å². The number of hydrazine groups is 1. The molecule has 3 aromatic rings. The number of nitrogens with zero attached hydrogens (tertiary/aromatic N) is 2. The first-order valence-corrected chi connectivity index (χ1v) is 9.94. The van der Waals surface area contributed by atoms with Crippen molar-refractivity contribution in [1.82, 2.24) is 10.4 Å². The van der Waals surface area contributed by atoms with Crippen molar-refractivity contribution in [2.75, 3.05) is 5.75 Å². The molecule has 0 fully saturated rings. The van der Waals surface area contributed by atoms with Gasteiger partial charge < -0.3 is 21.4 Å². The Morgan fingerprint density at radius 2 is 1.84 bits per heavy atom. The Labute approximate surface area is 181 Å². The molecule has 9 nitrogen and oxygen atoms in total. The topological polar surface area (TPSA) is 170 Å². The van der Waals surface area contributed by atoms with Crippen LogP contribution in [0.1, 0.15) is 15.9 Å². The van der Waals surface area contributed by atoms with E-state index in [4.69, 9.17) is 11.7 Å². The second kappa shape index (κ2) is 9.62. The number of benzene rings is 2. The Morgan fingerprint density at radius 3 is 2.45 bits per heavy atom. The van der Waals surface area contributed by atoms with Crippen LogP contribution >= 0.6 is 11.8 Å². The summed E-state index contributed by atoms with van der Waals surface area (Å²) in [6, 6.07) is 18.5. The molecule has 156 valence electrons. The van der Waals surface area contributed by atoms with E-state index < -0.39 is 17.1 Å². The van der Waals surface area contributed by atoms with Crippen molar-refractivity contribution < 1.29 is 9.90 Å². The van der Waals surface area contributed by atoms with Crippen LogP contribution in [0.25, 0.3) is 22.3 Å². The summed E-state index contributed by atoms with van der Waals surface area (Å²) in [4.78, 5) is 27.0. The van der Waals surface area contributed by atoms with E-state index in [1.54, 1.807) is 18.2 Å². The minimum Gasteiger partial charge on any atom is -0.477 e. The van der Waals surface area contributed by atoms with Crippen LogP contribution < -0.4 is 22.7 Å². The number of H-pyrrole nitrogens is 1. The van der Waals surface area contributed by atoms with Gasteiger partial charge in [0.25, 0.3) is 5.56 Å². The molecule has 0 atom stereocenters. The van der Waals surface area contributed by atoms with E-state index >= 15 is 0 Å². The maximum Gasteiger partial charge on any atom is 0.342 e. The monoisotopic (exact) mass is 434 g/mol. The summed E-state index contributed by atoms with van der Waals surface area (Å²) in [5, 5.41) is 23.2. The summed E-state index contributed by atoms with van der Waals surface area (Å²) in [5.74, 6) is 9.47. The van der Waals surface area contributed by atoms with Crippen molar-refractivity contribution in [2.24, 2.45) is 16.8 Å². The molecule has 0 spiro atoms. The van der Waals surface area contributed by atoms with E-state index in [2.05, 4.69) is 15.5 Å². The Hall–Kier alpha value is -4.07. The molecule has 2 aromatic carbocycles. The Balaban J connectivity index is 2.22. The third kappa shape index (κ3) is 4.58. The van der Waals surface area contributed by atoms with Gasteiger partial charge in [-0.3, -0.25) is 4.79 Å². The molecular formula is C21H18N6O3S. The maximum absolute atomic E-state index is 12.6. The van der Waals surface area contributed by atoms with Gasteiger partial charge in [-0.1, -0.05) is 60.3 Å². The molecule has 1 aromatic heterocycles. The molecule has 0 unspecified atom stereocenters. The van der Waals surface area contributed by atoms with Gasteiger partial charge in [0.15, 0.2) is 0 Å². The van der Waals surface area contributed by atoms with Crippen LogP contribution in [-0.4, -0.2) is 27.6 Å². The van der Waals surface area contributed by atoms with E-state index in [1.165, 1.54) is 0 Å². The van der Waals surface area contributed by atoms with Gasteiger partial charge in [0.1, 0.15) is 17.5 Å². The van der Waals surface area contributed by atoms with E-state index in [1.807, 2.05) is 42.5 Å². The highest BCUT2D eigenvalue weighted by molar-refractivity contribution is 8.00. The van der Waals surface area contributed by atoms with E-state index in [0.29, 0.717) is 5.56 Å². The molecule has 0 saturated carbocycles. The van der Waals surface area contributed by atoms with Crippen LogP contribution in [0.2, 0.25) is 0 Å². The lowest BCUT2D eigenvalue weighted by molar-refractivity contribution is 0.0695. The van der Waals surface area contributed by atoms with Gasteiger partial charge in [-0.25, -0.2) is 10.6 Å². The number of carbonyl (C=O) groups is 1. The second-order valence-electron chi connectivity index (χ2n) is 6.28. The number of rotatable bonds is 6. The lowest BCUT2D eigenvalue weighted by Gasteiger charge is -2.13. The number of hydrogen-bond donors (Lipinski definition) is 5. The Morgan fingerprint density at radius 1 is 1.16 bits per heavy atom. The van der Waals surface area contributed by atoms with Crippen molar-refractivity contribution in [2.45, 2.75) is 5.03 Å². The summed E-state index contributed by atoms with van der Waals surface area (Å²) in [6.07, 6.45) is 0. The summed E-state index contributed by atoms with van der Waals surface area (Å²) < 4.78 is 0. The van der Waals surface area contributed by atoms with Crippen LogP contribution in [0.5, 0.6) is 0 Å². The van der Waals surface area contributed by atoms with Gasteiger partial charge in [0, 0.05) is 5.56 Å². The van der Waals surface area contributed by atoms with Crippen molar-refractivity contribution in [1.29, 1.82) is 5.26 Å². The number of nitriles is 1. The Kier molecular flexibility index (Phi) is 6.71. The minimum atomic E-state index is -1.43. The average molecular weight is 434 g/mol. The third-order valence-corrected chi connectivity index (χ3v) is 5.45. The van der Waals surface area contributed by atoms with E-state index in [9.17, 15) is 20.0 Å². The minimum absolute atomic E-state index is 0.0283. The first-order chi connectivity index (χ1) is 15.0. The van der Waals surface area contributed by atoms with Gasteiger partial charge >= 0.3 is 5.97 Å². The fourth-order valence-corrected chi connectivity index (χ4v) is 3.93. The zero-order chi connectivity index (χ0) is 22.4. The predicted octanol–water partition coefficient (Wildman–Crippen LogP) is 2.11. The standard InChI is InChI=1S/C21H18N6O3S/c22-10-15-17(14-8-4-7-13(9-14)12-5-2-1-3-6-12)18(21(29)30)19(28)25-20(15)31-11-16(26-23)27-24/h1-9H,11,23-24H2,(H,25,28)(H,26,27)(H,29,30). The van der Waals surface area contributed by atoms with Gasteiger partial charge in [-0.15, -0.1) is 0 Å². The predicted molar refractivity (Wildman–Crippen MR) is 119 cm³/mol. The third-order valence-electron chi connectivity index (χ3n) is 4.44. The number of aromatic carboxylic acids is 1. The number of hydrogen-bond acceptors (Lipinski definition) is 7. The second-order valence-corrected chi connectivity index (χ2v) is 7.27. The molecule has 10 heteroatoms. The largest absolute Gasteiger partial charge is 0.477 e. The van der Waals surface area contributed by atoms with Gasteiger partial charge in [0.2, 0.25) is 0 Å². The van der Waals surface area contributed by atoms with E-state index in [-0.39, 0.29) is 27.7 Å². The fraction of sp³-hybridized carbons (Fsp3) is 0.0476. The number of carboxylic acids is 1. The molecule has 0 saturated heterocycles. The highest BCUT2D eigenvalue weighted by Crippen LogP contribution is 2.33. The summed E-state index contributed by atoms with van der Waals surface area (Å²) in [5.41, 5.74) is 3.23. The summed E-state index contributed by atoms with van der Waals surface area (Å²) >= 11 is 1.05. The number of pyridine rings is 1. The number of aromatic amines is 1. The molecule has 0 aliphatic heterocycles. The lowest BCUT2D eigenvalue weighted by Crippen LogP contribution is -2.33. The number of nitrogens with two attached hydrogens (primary N) is 2. The van der Waals surface area contributed by atoms with Crippen molar-refractivity contribution >= 4 is 23.6 Å². The number of hydrazone groups is 1. The van der Waals surface area contributed by atoms with Crippen LogP contribution in [0, 0.1) is 11.3 Å². The zero-order valence-electron chi connectivity index (χ0n) is 16.1. The molecule has 0 aliphatic rings. The van der Waals surface area contributed by atoms with Crippen LogP contribution in [0.3, 0.4) is 0 Å². The summed E-state index contributed by atoms with van der Waals surface area (Å²) in [6.45, 7) is 0. The molecule has 0 bridgehead atoms. The molecule has 0 radical (unpaired) electrons. The van der Waals surface area contributed by atoms with Crippen LogP contribution in [-0.2, 0) is 0 Å². The molecule has 7 N–H and O–H groups in total. The number of thioether (sulfide) groups is 1. The number of nitrogens with one attached hydrogen (secondary N) is 2. The molecular weight excluding hydrogens is 416 g/mol. The van der Waals surface area contributed by atoms with Crippen molar-refractivity contribution in [3.8, 4) is 28.3 Å². The molecule has 0 amide bonds. The first kappa shape index (κ1) is 21.6. The lowest BCUT2D eigenvalue weighted by atomic mass is 9.94.